The van der Waals surface area contributed by atoms with Gasteiger partial charge in [0.2, 0.25) is 5.95 Å². The third-order valence-electron chi connectivity index (χ3n) is 3.76. The minimum absolute atomic E-state index is 0.233. The zero-order chi connectivity index (χ0) is 15.0. The Bertz CT molecular complexity index is 663. The van der Waals surface area contributed by atoms with Crippen molar-refractivity contribution in [2.24, 2.45) is 0 Å². The first-order chi connectivity index (χ1) is 10.0. The number of imidazole rings is 1. The SMILES string of the molecule is Cc1cn(-c2cc(Br)c(F)cc2F)c(NC2CCCC2)n1. The lowest BCUT2D eigenvalue weighted by molar-refractivity contribution is 0.573. The van der Waals surface area contributed by atoms with Crippen LogP contribution in [0.4, 0.5) is 14.7 Å². The van der Waals surface area contributed by atoms with Crippen LogP contribution in [0.5, 0.6) is 0 Å². The summed E-state index contributed by atoms with van der Waals surface area (Å²) in [6, 6.07) is 2.69. The molecule has 3 rings (SSSR count). The number of benzene rings is 1. The van der Waals surface area contributed by atoms with Gasteiger partial charge in [-0.25, -0.2) is 13.8 Å². The van der Waals surface area contributed by atoms with Gasteiger partial charge in [0.05, 0.1) is 15.9 Å². The molecule has 0 aliphatic heterocycles. The number of aromatic nitrogens is 2. The Morgan fingerprint density at radius 2 is 1.95 bits per heavy atom. The molecular formula is C15H16BrF2N3. The van der Waals surface area contributed by atoms with Crippen molar-refractivity contribution >= 4 is 21.9 Å². The summed E-state index contributed by atoms with van der Waals surface area (Å²) < 4.78 is 29.3. The maximum atomic E-state index is 14.1. The zero-order valence-corrected chi connectivity index (χ0v) is 13.3. The number of rotatable bonds is 3. The molecule has 1 aliphatic carbocycles. The van der Waals surface area contributed by atoms with E-state index in [9.17, 15) is 8.78 Å². The van der Waals surface area contributed by atoms with Crippen LogP contribution in [0.25, 0.3) is 5.69 Å². The summed E-state index contributed by atoms with van der Waals surface area (Å²) >= 11 is 3.10. The molecule has 1 aromatic heterocycles. The molecule has 2 aromatic rings. The van der Waals surface area contributed by atoms with E-state index in [-0.39, 0.29) is 10.2 Å². The van der Waals surface area contributed by atoms with Crippen LogP contribution in [-0.2, 0) is 0 Å². The van der Waals surface area contributed by atoms with Gasteiger partial charge in [-0.05, 0) is 41.8 Å². The van der Waals surface area contributed by atoms with E-state index in [0.29, 0.717) is 12.0 Å². The van der Waals surface area contributed by atoms with Crippen LogP contribution in [0, 0.1) is 18.6 Å². The van der Waals surface area contributed by atoms with Gasteiger partial charge in [0, 0.05) is 18.3 Å². The van der Waals surface area contributed by atoms with Crippen LogP contribution < -0.4 is 5.32 Å². The number of hydrogen-bond donors (Lipinski definition) is 1. The normalized spacial score (nSPS) is 15.6. The third-order valence-corrected chi connectivity index (χ3v) is 4.37. The quantitative estimate of drug-likeness (QED) is 0.816. The molecule has 1 fully saturated rings. The van der Waals surface area contributed by atoms with Crippen molar-refractivity contribution in [3.63, 3.8) is 0 Å². The number of aryl methyl sites for hydroxylation is 1. The average Bonchev–Trinajstić information content (AvgIpc) is 3.04. The summed E-state index contributed by atoms with van der Waals surface area (Å²) in [7, 11) is 0. The monoisotopic (exact) mass is 355 g/mol. The first-order valence-corrected chi connectivity index (χ1v) is 7.81. The molecule has 1 saturated carbocycles. The summed E-state index contributed by atoms with van der Waals surface area (Å²) in [6.07, 6.45) is 6.35. The third kappa shape index (κ3) is 2.95. The molecule has 0 bridgehead atoms. The van der Waals surface area contributed by atoms with E-state index in [0.717, 1.165) is 24.6 Å². The average molecular weight is 356 g/mol. The van der Waals surface area contributed by atoms with Gasteiger partial charge in [-0.1, -0.05) is 12.8 Å². The van der Waals surface area contributed by atoms with E-state index in [1.54, 1.807) is 10.8 Å². The van der Waals surface area contributed by atoms with Gasteiger partial charge in [-0.3, -0.25) is 4.57 Å². The van der Waals surface area contributed by atoms with Crippen LogP contribution in [0.2, 0.25) is 0 Å². The molecular weight excluding hydrogens is 340 g/mol. The van der Waals surface area contributed by atoms with E-state index in [1.165, 1.54) is 18.9 Å². The lowest BCUT2D eigenvalue weighted by atomic mass is 10.2. The lowest BCUT2D eigenvalue weighted by Gasteiger charge is -2.15. The Labute approximate surface area is 130 Å². The molecule has 6 heteroatoms. The van der Waals surface area contributed by atoms with Gasteiger partial charge in [-0.2, -0.15) is 0 Å². The van der Waals surface area contributed by atoms with Crippen molar-refractivity contribution in [2.75, 3.05) is 5.32 Å². The predicted molar refractivity (Wildman–Crippen MR) is 81.8 cm³/mol. The van der Waals surface area contributed by atoms with Crippen LogP contribution in [-0.4, -0.2) is 15.6 Å². The van der Waals surface area contributed by atoms with Crippen molar-refractivity contribution in [2.45, 2.75) is 38.6 Å². The highest BCUT2D eigenvalue weighted by atomic mass is 79.9. The van der Waals surface area contributed by atoms with Crippen LogP contribution in [0.1, 0.15) is 31.4 Å². The van der Waals surface area contributed by atoms with Gasteiger partial charge in [0.15, 0.2) is 0 Å². The lowest BCUT2D eigenvalue weighted by Crippen LogP contribution is -2.18. The van der Waals surface area contributed by atoms with Gasteiger partial charge >= 0.3 is 0 Å². The maximum absolute atomic E-state index is 14.1. The summed E-state index contributed by atoms with van der Waals surface area (Å²) in [5, 5.41) is 3.37. The fourth-order valence-corrected chi connectivity index (χ4v) is 3.06. The Hall–Kier alpha value is -1.43. The topological polar surface area (TPSA) is 29.9 Å². The molecule has 1 aromatic carbocycles. The Morgan fingerprint density at radius 3 is 2.67 bits per heavy atom. The smallest absolute Gasteiger partial charge is 0.208 e. The van der Waals surface area contributed by atoms with Crippen LogP contribution in [0.3, 0.4) is 0 Å². The molecule has 0 amide bonds. The number of halogens is 3. The summed E-state index contributed by atoms with van der Waals surface area (Å²) in [4.78, 5) is 4.42. The molecule has 3 nitrogen and oxygen atoms in total. The van der Waals surface area contributed by atoms with Gasteiger partial charge in [0.25, 0.3) is 0 Å². The van der Waals surface area contributed by atoms with E-state index >= 15 is 0 Å². The maximum Gasteiger partial charge on any atom is 0.208 e. The number of nitrogens with zero attached hydrogens (tertiary/aromatic N) is 2. The largest absolute Gasteiger partial charge is 0.353 e. The molecule has 1 aliphatic rings. The second-order valence-electron chi connectivity index (χ2n) is 5.42. The summed E-state index contributed by atoms with van der Waals surface area (Å²) in [5.74, 6) is -0.613. The van der Waals surface area contributed by atoms with Crippen molar-refractivity contribution < 1.29 is 8.78 Å². The number of anilines is 1. The second kappa shape index (κ2) is 5.75. The van der Waals surface area contributed by atoms with Crippen LogP contribution >= 0.6 is 15.9 Å². The molecule has 21 heavy (non-hydrogen) atoms. The predicted octanol–water partition coefficient (Wildman–Crippen LogP) is 4.58. The Balaban J connectivity index is 2.00. The highest BCUT2D eigenvalue weighted by molar-refractivity contribution is 9.10. The van der Waals surface area contributed by atoms with Gasteiger partial charge < -0.3 is 5.32 Å². The van der Waals surface area contributed by atoms with Crippen molar-refractivity contribution in [3.8, 4) is 5.69 Å². The second-order valence-corrected chi connectivity index (χ2v) is 6.27. The summed E-state index contributed by atoms with van der Waals surface area (Å²) in [5.41, 5.74) is 1.07. The van der Waals surface area contributed by atoms with Crippen molar-refractivity contribution in [3.05, 3.63) is 40.1 Å². The van der Waals surface area contributed by atoms with Crippen molar-refractivity contribution in [1.82, 2.24) is 9.55 Å². The molecule has 0 saturated heterocycles. The molecule has 0 atom stereocenters. The first kappa shape index (κ1) is 14.5. The van der Waals surface area contributed by atoms with Crippen molar-refractivity contribution in [1.29, 1.82) is 0 Å². The molecule has 1 heterocycles. The van der Waals surface area contributed by atoms with Gasteiger partial charge in [0.1, 0.15) is 11.6 Å². The molecule has 1 N–H and O–H groups in total. The number of nitrogens with one attached hydrogen (secondary N) is 1. The molecule has 0 unspecified atom stereocenters. The standard InChI is InChI=1S/C15H16BrF2N3/c1-9-8-21(14-6-11(16)12(17)7-13(14)18)15(19-9)20-10-4-2-3-5-10/h6-8,10H,2-5H2,1H3,(H,19,20). The fraction of sp³-hybridized carbons (Fsp3) is 0.400. The highest BCUT2D eigenvalue weighted by Crippen LogP contribution is 2.27. The molecule has 112 valence electrons. The summed E-state index contributed by atoms with van der Waals surface area (Å²) in [6.45, 7) is 1.85. The Kier molecular flexibility index (Phi) is 3.97. The van der Waals surface area contributed by atoms with E-state index in [4.69, 9.17) is 0 Å². The fourth-order valence-electron chi connectivity index (χ4n) is 2.73. The van der Waals surface area contributed by atoms with Gasteiger partial charge in [-0.15, -0.1) is 0 Å². The highest BCUT2D eigenvalue weighted by Gasteiger charge is 2.19. The minimum Gasteiger partial charge on any atom is -0.353 e. The number of hydrogen-bond acceptors (Lipinski definition) is 2. The van der Waals surface area contributed by atoms with Crippen LogP contribution in [0.15, 0.2) is 22.8 Å². The van der Waals surface area contributed by atoms with E-state index < -0.39 is 11.6 Å². The first-order valence-electron chi connectivity index (χ1n) is 7.02. The zero-order valence-electron chi connectivity index (χ0n) is 11.7. The Morgan fingerprint density at radius 1 is 1.24 bits per heavy atom. The molecule has 0 radical (unpaired) electrons. The minimum atomic E-state index is -0.613. The van der Waals surface area contributed by atoms with E-state index in [2.05, 4.69) is 26.2 Å². The molecule has 0 spiro atoms. The van der Waals surface area contributed by atoms with E-state index in [1.807, 2.05) is 6.92 Å².